The summed E-state index contributed by atoms with van der Waals surface area (Å²) in [6, 6.07) is 10.4. The first-order chi connectivity index (χ1) is 9.19. The third kappa shape index (κ3) is 4.32. The third-order valence-electron chi connectivity index (χ3n) is 4.08. The minimum Gasteiger partial charge on any atom is -0.313 e. The van der Waals surface area contributed by atoms with Gasteiger partial charge in [0.15, 0.2) is 0 Å². The Morgan fingerprint density at radius 1 is 1.21 bits per heavy atom. The highest BCUT2D eigenvalue weighted by Gasteiger charge is 2.24. The first kappa shape index (κ1) is 14.5. The molecule has 0 amide bonds. The van der Waals surface area contributed by atoms with E-state index in [-0.39, 0.29) is 0 Å². The molecular formula is C17H28N2. The Balaban J connectivity index is 1.89. The molecule has 0 radical (unpaired) electrons. The lowest BCUT2D eigenvalue weighted by molar-refractivity contribution is 0.236. The van der Waals surface area contributed by atoms with Gasteiger partial charge < -0.3 is 5.32 Å². The Kier molecular flexibility index (Phi) is 5.41. The van der Waals surface area contributed by atoms with E-state index in [9.17, 15) is 0 Å². The smallest absolute Gasteiger partial charge is 0.0237 e. The van der Waals surface area contributed by atoms with Crippen molar-refractivity contribution in [2.24, 2.45) is 0 Å². The highest BCUT2D eigenvalue weighted by Crippen LogP contribution is 2.20. The average Bonchev–Trinajstić information content (AvgIpc) is 2.84. The van der Waals surface area contributed by atoms with Gasteiger partial charge in [-0.05, 0) is 36.9 Å². The van der Waals surface area contributed by atoms with Crippen LogP contribution in [0.5, 0.6) is 0 Å². The highest BCUT2D eigenvalue weighted by molar-refractivity contribution is 5.22. The molecule has 1 saturated heterocycles. The molecule has 1 aliphatic heterocycles. The van der Waals surface area contributed by atoms with Crippen molar-refractivity contribution >= 4 is 0 Å². The van der Waals surface area contributed by atoms with Gasteiger partial charge >= 0.3 is 0 Å². The summed E-state index contributed by atoms with van der Waals surface area (Å²) in [5.41, 5.74) is 2.89. The fourth-order valence-corrected chi connectivity index (χ4v) is 2.82. The van der Waals surface area contributed by atoms with Crippen LogP contribution in [0.2, 0.25) is 0 Å². The monoisotopic (exact) mass is 260 g/mol. The molecular weight excluding hydrogens is 232 g/mol. The summed E-state index contributed by atoms with van der Waals surface area (Å²) in [5, 5.41) is 3.58. The molecule has 1 heterocycles. The first-order valence-corrected chi connectivity index (χ1v) is 7.74. The van der Waals surface area contributed by atoms with Crippen LogP contribution < -0.4 is 5.32 Å². The minimum atomic E-state index is 0.589. The summed E-state index contributed by atoms with van der Waals surface area (Å²) in [7, 11) is 0. The molecule has 106 valence electrons. The van der Waals surface area contributed by atoms with Crippen LogP contribution >= 0.6 is 0 Å². The number of benzene rings is 1. The molecule has 2 rings (SSSR count). The Labute approximate surface area is 118 Å². The van der Waals surface area contributed by atoms with E-state index in [1.54, 1.807) is 0 Å². The summed E-state index contributed by atoms with van der Waals surface area (Å²) in [5.74, 6) is 0. The molecule has 0 aliphatic carbocycles. The lowest BCUT2D eigenvalue weighted by Crippen LogP contribution is -2.39. The average molecular weight is 260 g/mol. The molecule has 1 aliphatic rings. The molecule has 1 atom stereocenters. The van der Waals surface area contributed by atoms with Crippen LogP contribution in [0, 0.1) is 0 Å². The lowest BCUT2D eigenvalue weighted by atomic mass is 10.1. The molecule has 2 nitrogen and oxygen atoms in total. The fraction of sp³-hybridized carbons (Fsp3) is 0.647. The SMILES string of the molecule is CCc1ccc(CN2CCCC2CNC(C)C)cc1. The number of likely N-dealkylation sites (tertiary alicyclic amines) is 1. The number of nitrogens with one attached hydrogen (secondary N) is 1. The van der Waals surface area contributed by atoms with Crippen molar-refractivity contribution in [1.29, 1.82) is 0 Å². The van der Waals surface area contributed by atoms with E-state index in [1.165, 1.54) is 30.5 Å². The van der Waals surface area contributed by atoms with Gasteiger partial charge in [0.1, 0.15) is 0 Å². The maximum atomic E-state index is 3.58. The highest BCUT2D eigenvalue weighted by atomic mass is 15.2. The van der Waals surface area contributed by atoms with Crippen molar-refractivity contribution in [3.8, 4) is 0 Å². The second kappa shape index (κ2) is 7.06. The van der Waals surface area contributed by atoms with Crippen LogP contribution in [0.1, 0.15) is 44.7 Å². The Morgan fingerprint density at radius 2 is 1.89 bits per heavy atom. The van der Waals surface area contributed by atoms with Crippen LogP contribution in [-0.4, -0.2) is 30.1 Å². The summed E-state index contributed by atoms with van der Waals surface area (Å²) in [4.78, 5) is 2.64. The predicted octanol–water partition coefficient (Wildman–Crippen LogP) is 3.21. The summed E-state index contributed by atoms with van der Waals surface area (Å²) in [6.45, 7) is 10.1. The predicted molar refractivity (Wildman–Crippen MR) is 82.4 cm³/mol. The maximum Gasteiger partial charge on any atom is 0.0237 e. The van der Waals surface area contributed by atoms with Gasteiger partial charge in [-0.1, -0.05) is 45.0 Å². The van der Waals surface area contributed by atoms with Crippen LogP contribution in [0.15, 0.2) is 24.3 Å². The van der Waals surface area contributed by atoms with E-state index in [2.05, 4.69) is 55.3 Å². The van der Waals surface area contributed by atoms with Crippen molar-refractivity contribution in [3.63, 3.8) is 0 Å². The Hall–Kier alpha value is -0.860. The number of aryl methyl sites for hydroxylation is 1. The quantitative estimate of drug-likeness (QED) is 0.845. The maximum absolute atomic E-state index is 3.58. The largest absolute Gasteiger partial charge is 0.313 e. The van der Waals surface area contributed by atoms with E-state index in [4.69, 9.17) is 0 Å². The second-order valence-electron chi connectivity index (χ2n) is 6.00. The first-order valence-electron chi connectivity index (χ1n) is 7.74. The van der Waals surface area contributed by atoms with Crippen molar-refractivity contribution < 1.29 is 0 Å². The molecule has 0 bridgehead atoms. The molecule has 19 heavy (non-hydrogen) atoms. The normalized spacial score (nSPS) is 20.3. The number of nitrogens with zero attached hydrogens (tertiary/aromatic N) is 1. The molecule has 0 spiro atoms. The number of hydrogen-bond acceptors (Lipinski definition) is 2. The van der Waals surface area contributed by atoms with Gasteiger partial charge in [-0.3, -0.25) is 4.90 Å². The number of hydrogen-bond donors (Lipinski definition) is 1. The molecule has 1 N–H and O–H groups in total. The van der Waals surface area contributed by atoms with Crippen LogP contribution in [0.3, 0.4) is 0 Å². The summed E-state index contributed by atoms with van der Waals surface area (Å²) in [6.07, 6.45) is 3.81. The van der Waals surface area contributed by atoms with Crippen molar-refractivity contribution in [3.05, 3.63) is 35.4 Å². The van der Waals surface area contributed by atoms with Gasteiger partial charge in [-0.15, -0.1) is 0 Å². The van der Waals surface area contributed by atoms with Gasteiger partial charge in [-0.2, -0.15) is 0 Å². The topological polar surface area (TPSA) is 15.3 Å². The molecule has 1 unspecified atom stereocenters. The standard InChI is InChI=1S/C17H28N2/c1-4-15-7-9-16(10-8-15)13-19-11-5-6-17(19)12-18-14(2)3/h7-10,14,17-18H,4-6,11-13H2,1-3H3. The van der Waals surface area contributed by atoms with E-state index < -0.39 is 0 Å². The zero-order valence-corrected chi connectivity index (χ0v) is 12.7. The van der Waals surface area contributed by atoms with Crippen molar-refractivity contribution in [2.75, 3.05) is 13.1 Å². The molecule has 0 aromatic heterocycles. The Bertz CT molecular complexity index is 369. The second-order valence-corrected chi connectivity index (χ2v) is 6.00. The minimum absolute atomic E-state index is 0.589. The van der Waals surface area contributed by atoms with E-state index in [0.29, 0.717) is 12.1 Å². The molecule has 2 heteroatoms. The molecule has 0 saturated carbocycles. The van der Waals surface area contributed by atoms with Gasteiger partial charge in [0, 0.05) is 25.2 Å². The van der Waals surface area contributed by atoms with Crippen LogP contribution in [0.4, 0.5) is 0 Å². The fourth-order valence-electron chi connectivity index (χ4n) is 2.82. The summed E-state index contributed by atoms with van der Waals surface area (Å²) < 4.78 is 0. The third-order valence-corrected chi connectivity index (χ3v) is 4.08. The lowest BCUT2D eigenvalue weighted by Gasteiger charge is -2.25. The van der Waals surface area contributed by atoms with Gasteiger partial charge in [0.25, 0.3) is 0 Å². The van der Waals surface area contributed by atoms with Gasteiger partial charge in [0.2, 0.25) is 0 Å². The van der Waals surface area contributed by atoms with Crippen molar-refractivity contribution in [2.45, 2.75) is 58.7 Å². The van der Waals surface area contributed by atoms with Gasteiger partial charge in [0.05, 0.1) is 0 Å². The number of rotatable bonds is 6. The molecule has 1 aromatic rings. The van der Waals surface area contributed by atoms with Gasteiger partial charge in [-0.25, -0.2) is 0 Å². The zero-order valence-electron chi connectivity index (χ0n) is 12.7. The van der Waals surface area contributed by atoms with E-state index in [1.807, 2.05) is 0 Å². The van der Waals surface area contributed by atoms with Crippen LogP contribution in [0.25, 0.3) is 0 Å². The zero-order chi connectivity index (χ0) is 13.7. The van der Waals surface area contributed by atoms with Crippen LogP contribution in [-0.2, 0) is 13.0 Å². The molecule has 1 aromatic carbocycles. The summed E-state index contributed by atoms with van der Waals surface area (Å²) >= 11 is 0. The Morgan fingerprint density at radius 3 is 2.53 bits per heavy atom. The van der Waals surface area contributed by atoms with Crippen molar-refractivity contribution in [1.82, 2.24) is 10.2 Å². The van der Waals surface area contributed by atoms with E-state index in [0.717, 1.165) is 19.5 Å². The van der Waals surface area contributed by atoms with E-state index >= 15 is 0 Å². The molecule has 1 fully saturated rings.